The molecule has 0 radical (unpaired) electrons. The quantitative estimate of drug-likeness (QED) is 0.775. The van der Waals surface area contributed by atoms with Crippen molar-refractivity contribution in [2.24, 2.45) is 11.8 Å². The third-order valence-corrected chi connectivity index (χ3v) is 6.28. The molecule has 2 atom stereocenters. The van der Waals surface area contributed by atoms with Crippen molar-refractivity contribution >= 4 is 16.0 Å². The summed E-state index contributed by atoms with van der Waals surface area (Å²) in [4.78, 5) is 11.2. The van der Waals surface area contributed by atoms with Crippen LogP contribution in [0, 0.1) is 11.8 Å². The monoisotopic (exact) mass is 345 g/mol. The van der Waals surface area contributed by atoms with Gasteiger partial charge in [-0.05, 0) is 31.6 Å². The highest BCUT2D eigenvalue weighted by molar-refractivity contribution is 7.90. The molecule has 0 aliphatic heterocycles. The molecule has 2 N–H and O–H groups in total. The Bertz CT molecular complexity index is 484. The van der Waals surface area contributed by atoms with Gasteiger partial charge in [0, 0.05) is 0 Å². The van der Waals surface area contributed by atoms with Crippen molar-refractivity contribution in [2.75, 3.05) is 0 Å². The fourth-order valence-electron chi connectivity index (χ4n) is 2.62. The Morgan fingerprint density at radius 2 is 1.77 bits per heavy atom. The van der Waals surface area contributed by atoms with Crippen molar-refractivity contribution in [2.45, 2.75) is 63.4 Å². The molecule has 1 rings (SSSR count). The van der Waals surface area contributed by atoms with Crippen LogP contribution in [0.25, 0.3) is 0 Å². The summed E-state index contributed by atoms with van der Waals surface area (Å²) in [5.41, 5.74) is 0. The van der Waals surface area contributed by atoms with Crippen LogP contribution in [0.3, 0.4) is 0 Å². The molecular formula is C13H22F3NO4S. The zero-order valence-corrected chi connectivity index (χ0v) is 13.4. The average molecular weight is 345 g/mol. The van der Waals surface area contributed by atoms with Crippen molar-refractivity contribution in [3.05, 3.63) is 0 Å². The zero-order valence-electron chi connectivity index (χ0n) is 12.6. The second-order valence-electron chi connectivity index (χ2n) is 5.88. The van der Waals surface area contributed by atoms with Gasteiger partial charge in [0.1, 0.15) is 6.04 Å². The Balaban J connectivity index is 2.74. The summed E-state index contributed by atoms with van der Waals surface area (Å²) >= 11 is 0. The molecule has 0 bridgehead atoms. The average Bonchev–Trinajstić information content (AvgIpc) is 2.43. The number of hydrogen-bond acceptors (Lipinski definition) is 3. The lowest BCUT2D eigenvalue weighted by atomic mass is 9.88. The number of alkyl halides is 3. The van der Waals surface area contributed by atoms with E-state index in [0.717, 1.165) is 0 Å². The molecule has 130 valence electrons. The number of carboxylic acid groups (broad SMARTS) is 1. The highest BCUT2D eigenvalue weighted by Gasteiger charge is 2.44. The maximum absolute atomic E-state index is 12.6. The van der Waals surface area contributed by atoms with Crippen LogP contribution in [0.4, 0.5) is 13.2 Å². The second kappa shape index (κ2) is 7.16. The van der Waals surface area contributed by atoms with Crippen molar-refractivity contribution in [3.63, 3.8) is 0 Å². The molecule has 0 unspecified atom stereocenters. The van der Waals surface area contributed by atoms with Crippen LogP contribution in [0.2, 0.25) is 0 Å². The maximum atomic E-state index is 12.6. The van der Waals surface area contributed by atoms with Crippen molar-refractivity contribution in [1.82, 2.24) is 4.72 Å². The molecule has 0 heterocycles. The summed E-state index contributed by atoms with van der Waals surface area (Å²) in [7, 11) is -3.95. The van der Waals surface area contributed by atoms with Crippen LogP contribution in [-0.4, -0.2) is 37.0 Å². The van der Waals surface area contributed by atoms with Crippen LogP contribution in [-0.2, 0) is 14.8 Å². The first-order valence-corrected chi connectivity index (χ1v) is 8.84. The van der Waals surface area contributed by atoms with Gasteiger partial charge in [-0.2, -0.15) is 13.2 Å². The lowest BCUT2D eigenvalue weighted by Gasteiger charge is -2.31. The molecule has 0 amide bonds. The molecule has 5 nitrogen and oxygen atoms in total. The van der Waals surface area contributed by atoms with E-state index >= 15 is 0 Å². The molecule has 0 spiro atoms. The number of aliphatic carboxylic acids is 1. The number of carboxylic acids is 1. The van der Waals surface area contributed by atoms with Crippen LogP contribution in [0.15, 0.2) is 0 Å². The topological polar surface area (TPSA) is 83.5 Å². The van der Waals surface area contributed by atoms with E-state index in [-0.39, 0.29) is 25.7 Å². The minimum absolute atomic E-state index is 0.105. The SMILES string of the molecule is CC[C@H](C)[C@H](NS(=O)(=O)C1CCC(C(F)(F)F)CC1)C(=O)O. The number of hydrogen-bond donors (Lipinski definition) is 2. The molecule has 0 aromatic heterocycles. The molecule has 9 heteroatoms. The van der Waals surface area contributed by atoms with E-state index in [1.54, 1.807) is 13.8 Å². The van der Waals surface area contributed by atoms with E-state index < -0.39 is 45.3 Å². The van der Waals surface area contributed by atoms with Gasteiger partial charge in [0.15, 0.2) is 0 Å². The summed E-state index contributed by atoms with van der Waals surface area (Å²) in [6, 6.07) is -1.25. The van der Waals surface area contributed by atoms with Crippen LogP contribution >= 0.6 is 0 Å². The van der Waals surface area contributed by atoms with Gasteiger partial charge in [-0.15, -0.1) is 0 Å². The number of halogens is 3. The van der Waals surface area contributed by atoms with E-state index in [2.05, 4.69) is 4.72 Å². The maximum Gasteiger partial charge on any atom is 0.391 e. The lowest BCUT2D eigenvalue weighted by molar-refractivity contribution is -0.181. The summed E-state index contributed by atoms with van der Waals surface area (Å²) in [5, 5.41) is 8.15. The lowest BCUT2D eigenvalue weighted by Crippen LogP contribution is -2.49. The summed E-state index contributed by atoms with van der Waals surface area (Å²) in [5.74, 6) is -3.15. The Hall–Kier alpha value is -0.830. The van der Waals surface area contributed by atoms with Gasteiger partial charge in [0.25, 0.3) is 0 Å². The minimum atomic E-state index is -4.30. The van der Waals surface area contributed by atoms with Gasteiger partial charge >= 0.3 is 12.1 Å². The first-order chi connectivity index (χ1) is 9.99. The Kier molecular flexibility index (Phi) is 6.26. The molecule has 22 heavy (non-hydrogen) atoms. The Labute approximate surface area is 128 Å². The third-order valence-electron chi connectivity index (χ3n) is 4.35. The van der Waals surface area contributed by atoms with Crippen molar-refractivity contribution in [1.29, 1.82) is 0 Å². The Morgan fingerprint density at radius 1 is 1.27 bits per heavy atom. The third kappa shape index (κ3) is 4.84. The first kappa shape index (κ1) is 19.2. The predicted molar refractivity (Wildman–Crippen MR) is 74.7 cm³/mol. The van der Waals surface area contributed by atoms with E-state index in [0.29, 0.717) is 6.42 Å². The van der Waals surface area contributed by atoms with Gasteiger partial charge in [-0.3, -0.25) is 4.79 Å². The van der Waals surface area contributed by atoms with Crippen LogP contribution in [0.5, 0.6) is 0 Å². The molecule has 1 aliphatic rings. The fraction of sp³-hybridized carbons (Fsp3) is 0.923. The number of carbonyl (C=O) groups is 1. The highest BCUT2D eigenvalue weighted by atomic mass is 32.2. The van der Waals surface area contributed by atoms with Gasteiger partial charge in [0.05, 0.1) is 11.2 Å². The number of nitrogens with one attached hydrogen (secondary N) is 1. The summed E-state index contributed by atoms with van der Waals surface area (Å²) in [6.07, 6.45) is -4.52. The van der Waals surface area contributed by atoms with Gasteiger partial charge in [-0.25, -0.2) is 13.1 Å². The van der Waals surface area contributed by atoms with E-state index in [1.807, 2.05) is 0 Å². The smallest absolute Gasteiger partial charge is 0.391 e. The minimum Gasteiger partial charge on any atom is -0.480 e. The van der Waals surface area contributed by atoms with Crippen molar-refractivity contribution in [3.8, 4) is 0 Å². The summed E-state index contributed by atoms with van der Waals surface area (Å²) in [6.45, 7) is 3.35. The molecule has 0 saturated heterocycles. The van der Waals surface area contributed by atoms with E-state index in [4.69, 9.17) is 5.11 Å². The van der Waals surface area contributed by atoms with E-state index in [1.165, 1.54) is 0 Å². The second-order valence-corrected chi connectivity index (χ2v) is 7.87. The zero-order chi connectivity index (χ0) is 17.1. The van der Waals surface area contributed by atoms with Gasteiger partial charge in [-0.1, -0.05) is 20.3 Å². The molecule has 0 aromatic carbocycles. The largest absolute Gasteiger partial charge is 0.480 e. The standard InChI is InChI=1S/C13H22F3NO4S/c1-3-8(2)11(12(18)19)17-22(20,21)10-6-4-9(5-7-10)13(14,15)16/h8-11,17H,3-7H2,1-2H3,(H,18,19)/t8-,9?,10?,11-/m0/s1. The first-order valence-electron chi connectivity index (χ1n) is 7.29. The molecule has 0 aromatic rings. The highest BCUT2D eigenvalue weighted by Crippen LogP contribution is 2.39. The number of rotatable bonds is 6. The predicted octanol–water partition coefficient (Wildman–Crippen LogP) is 2.53. The van der Waals surface area contributed by atoms with Crippen molar-refractivity contribution < 1.29 is 31.5 Å². The normalized spacial score (nSPS) is 26.4. The van der Waals surface area contributed by atoms with Gasteiger partial charge in [0.2, 0.25) is 10.0 Å². The van der Waals surface area contributed by atoms with Crippen LogP contribution in [0.1, 0.15) is 46.0 Å². The Morgan fingerprint density at radius 3 is 2.14 bits per heavy atom. The number of sulfonamides is 1. The molecular weight excluding hydrogens is 323 g/mol. The van der Waals surface area contributed by atoms with Gasteiger partial charge < -0.3 is 5.11 Å². The molecule has 1 aliphatic carbocycles. The van der Waals surface area contributed by atoms with Crippen LogP contribution < -0.4 is 4.72 Å². The summed E-state index contributed by atoms with van der Waals surface area (Å²) < 4.78 is 64.4. The molecule has 1 fully saturated rings. The fourth-order valence-corrected chi connectivity index (χ4v) is 4.39. The van der Waals surface area contributed by atoms with E-state index in [9.17, 15) is 26.4 Å². The molecule has 1 saturated carbocycles.